The molecule has 1 atom stereocenters. The van der Waals surface area contributed by atoms with Gasteiger partial charge in [0, 0.05) is 38.6 Å². The van der Waals surface area contributed by atoms with Gasteiger partial charge in [0.2, 0.25) is 0 Å². The second kappa shape index (κ2) is 10.5. The number of methoxy groups -OCH3 is 1. The van der Waals surface area contributed by atoms with Gasteiger partial charge >= 0.3 is 0 Å². The molecule has 0 bridgehead atoms. The van der Waals surface area contributed by atoms with Crippen molar-refractivity contribution in [2.45, 2.75) is 46.4 Å². The van der Waals surface area contributed by atoms with Gasteiger partial charge < -0.3 is 14.4 Å². The lowest BCUT2D eigenvalue weighted by atomic mass is 10.1. The van der Waals surface area contributed by atoms with Crippen LogP contribution in [0.1, 0.15) is 37.1 Å². The molecule has 0 fully saturated rings. The third kappa shape index (κ3) is 6.60. The Labute approximate surface area is 158 Å². The molecule has 1 aromatic carbocycles. The summed E-state index contributed by atoms with van der Waals surface area (Å²) in [5.74, 6) is 0.649. The first-order valence-electron chi connectivity index (χ1n) is 9.57. The summed E-state index contributed by atoms with van der Waals surface area (Å²) in [6.07, 6.45) is 2.82. The van der Waals surface area contributed by atoms with Gasteiger partial charge in [-0.2, -0.15) is 0 Å². The first kappa shape index (κ1) is 20.7. The SMILES string of the molecule is COC[C@@H](O)CN(CCC(C)C)Cc1cccn1Cc1ccccc1C. The Balaban J connectivity index is 2.07. The molecular weight excluding hydrogens is 324 g/mol. The summed E-state index contributed by atoms with van der Waals surface area (Å²) in [7, 11) is 1.63. The Hall–Kier alpha value is -1.62. The van der Waals surface area contributed by atoms with Crippen molar-refractivity contribution in [3.8, 4) is 0 Å². The number of aliphatic hydroxyl groups excluding tert-OH is 1. The van der Waals surface area contributed by atoms with Crippen LogP contribution in [0.5, 0.6) is 0 Å². The Morgan fingerprint density at radius 1 is 1.15 bits per heavy atom. The summed E-state index contributed by atoms with van der Waals surface area (Å²) in [5, 5.41) is 10.2. The van der Waals surface area contributed by atoms with Crippen molar-refractivity contribution in [1.29, 1.82) is 0 Å². The summed E-state index contributed by atoms with van der Waals surface area (Å²) in [6, 6.07) is 12.8. The largest absolute Gasteiger partial charge is 0.389 e. The molecule has 0 saturated carbocycles. The molecule has 0 spiro atoms. The maximum atomic E-state index is 10.2. The maximum Gasteiger partial charge on any atom is 0.0900 e. The number of benzene rings is 1. The van der Waals surface area contributed by atoms with Crippen molar-refractivity contribution >= 4 is 0 Å². The zero-order valence-electron chi connectivity index (χ0n) is 16.7. The molecule has 2 aromatic rings. The molecule has 0 radical (unpaired) electrons. The van der Waals surface area contributed by atoms with Gasteiger partial charge in [-0.25, -0.2) is 0 Å². The first-order valence-corrected chi connectivity index (χ1v) is 9.57. The number of nitrogens with zero attached hydrogens (tertiary/aromatic N) is 2. The van der Waals surface area contributed by atoms with Gasteiger partial charge in [0.05, 0.1) is 12.7 Å². The fourth-order valence-electron chi connectivity index (χ4n) is 3.17. The zero-order valence-corrected chi connectivity index (χ0v) is 16.7. The quantitative estimate of drug-likeness (QED) is 0.665. The monoisotopic (exact) mass is 358 g/mol. The van der Waals surface area contributed by atoms with Gasteiger partial charge in [-0.05, 0) is 49.1 Å². The van der Waals surface area contributed by atoms with E-state index < -0.39 is 6.10 Å². The highest BCUT2D eigenvalue weighted by atomic mass is 16.5. The number of hydrogen-bond acceptors (Lipinski definition) is 3. The number of aromatic nitrogens is 1. The highest BCUT2D eigenvalue weighted by molar-refractivity contribution is 5.26. The van der Waals surface area contributed by atoms with Crippen molar-refractivity contribution < 1.29 is 9.84 Å². The fourth-order valence-corrected chi connectivity index (χ4v) is 3.17. The van der Waals surface area contributed by atoms with Crippen molar-refractivity contribution in [3.05, 3.63) is 59.4 Å². The minimum Gasteiger partial charge on any atom is -0.389 e. The number of hydrogen-bond donors (Lipinski definition) is 1. The van der Waals surface area contributed by atoms with Crippen LogP contribution in [0.4, 0.5) is 0 Å². The van der Waals surface area contributed by atoms with Crippen LogP contribution in [-0.4, -0.2) is 47.5 Å². The van der Waals surface area contributed by atoms with Gasteiger partial charge in [0.1, 0.15) is 0 Å². The van der Waals surface area contributed by atoms with Crippen molar-refractivity contribution in [2.24, 2.45) is 5.92 Å². The van der Waals surface area contributed by atoms with E-state index in [0.29, 0.717) is 19.1 Å². The molecule has 26 heavy (non-hydrogen) atoms. The van der Waals surface area contributed by atoms with E-state index in [1.54, 1.807) is 7.11 Å². The van der Waals surface area contributed by atoms with E-state index in [9.17, 15) is 5.11 Å². The van der Waals surface area contributed by atoms with E-state index in [0.717, 1.165) is 26.1 Å². The molecule has 0 unspecified atom stereocenters. The van der Waals surface area contributed by atoms with E-state index in [-0.39, 0.29) is 0 Å². The number of rotatable bonds is 11. The van der Waals surface area contributed by atoms with Crippen molar-refractivity contribution in [3.63, 3.8) is 0 Å². The van der Waals surface area contributed by atoms with Crippen LogP contribution in [0.2, 0.25) is 0 Å². The van der Waals surface area contributed by atoms with Gasteiger partial charge in [-0.3, -0.25) is 4.90 Å². The number of aliphatic hydroxyl groups is 1. The highest BCUT2D eigenvalue weighted by Gasteiger charge is 2.15. The van der Waals surface area contributed by atoms with Crippen molar-refractivity contribution in [1.82, 2.24) is 9.47 Å². The van der Waals surface area contributed by atoms with Crippen LogP contribution in [-0.2, 0) is 17.8 Å². The van der Waals surface area contributed by atoms with E-state index in [2.05, 4.69) is 72.8 Å². The summed E-state index contributed by atoms with van der Waals surface area (Å²) >= 11 is 0. The first-order chi connectivity index (χ1) is 12.5. The Morgan fingerprint density at radius 3 is 2.62 bits per heavy atom. The summed E-state index contributed by atoms with van der Waals surface area (Å²) in [5.41, 5.74) is 3.94. The Kier molecular flexibility index (Phi) is 8.36. The van der Waals surface area contributed by atoms with Crippen molar-refractivity contribution in [2.75, 3.05) is 26.8 Å². The average molecular weight is 359 g/mol. The third-order valence-corrected chi connectivity index (χ3v) is 4.76. The normalized spacial score (nSPS) is 12.9. The molecule has 1 N–H and O–H groups in total. The average Bonchev–Trinajstić information content (AvgIpc) is 3.02. The molecule has 0 aliphatic carbocycles. The summed E-state index contributed by atoms with van der Waals surface area (Å²) in [6.45, 7) is 10.4. The van der Waals surface area contributed by atoms with E-state index in [1.807, 2.05) is 0 Å². The molecular formula is C22H34N2O2. The second-order valence-corrected chi connectivity index (χ2v) is 7.58. The molecule has 2 rings (SSSR count). The predicted octanol–water partition coefficient (Wildman–Crippen LogP) is 3.70. The summed E-state index contributed by atoms with van der Waals surface area (Å²) < 4.78 is 7.41. The molecule has 4 heteroatoms. The second-order valence-electron chi connectivity index (χ2n) is 7.58. The summed E-state index contributed by atoms with van der Waals surface area (Å²) in [4.78, 5) is 2.34. The van der Waals surface area contributed by atoms with Gasteiger partial charge in [0.25, 0.3) is 0 Å². The molecule has 0 amide bonds. The van der Waals surface area contributed by atoms with Crippen LogP contribution in [0.15, 0.2) is 42.6 Å². The highest BCUT2D eigenvalue weighted by Crippen LogP contribution is 2.15. The van der Waals surface area contributed by atoms with Gasteiger partial charge in [-0.15, -0.1) is 0 Å². The van der Waals surface area contributed by atoms with E-state index in [1.165, 1.54) is 16.8 Å². The fraction of sp³-hybridized carbons (Fsp3) is 0.545. The lowest BCUT2D eigenvalue weighted by Crippen LogP contribution is -2.36. The lowest BCUT2D eigenvalue weighted by Gasteiger charge is -2.26. The molecule has 0 aliphatic heterocycles. The molecule has 144 valence electrons. The van der Waals surface area contributed by atoms with E-state index >= 15 is 0 Å². The predicted molar refractivity (Wildman–Crippen MR) is 107 cm³/mol. The smallest absolute Gasteiger partial charge is 0.0900 e. The Morgan fingerprint density at radius 2 is 1.92 bits per heavy atom. The topological polar surface area (TPSA) is 37.6 Å². The molecule has 4 nitrogen and oxygen atoms in total. The molecule has 0 saturated heterocycles. The minimum atomic E-state index is -0.452. The van der Waals surface area contributed by atoms with Crippen LogP contribution in [0, 0.1) is 12.8 Å². The number of aryl methyl sites for hydroxylation is 1. The number of ether oxygens (including phenoxy) is 1. The molecule has 0 aliphatic rings. The third-order valence-electron chi connectivity index (χ3n) is 4.76. The molecule has 1 heterocycles. The van der Waals surface area contributed by atoms with Crippen LogP contribution >= 0.6 is 0 Å². The van der Waals surface area contributed by atoms with Gasteiger partial charge in [0.15, 0.2) is 0 Å². The lowest BCUT2D eigenvalue weighted by molar-refractivity contribution is 0.0343. The standard InChI is InChI=1S/C22H34N2O2/c1-18(2)11-13-23(16-22(25)17-26-4)15-21-10-7-12-24(21)14-20-9-6-5-8-19(20)3/h5-10,12,18,22,25H,11,13-17H2,1-4H3/t22-/m0/s1. The van der Waals surface area contributed by atoms with Crippen LogP contribution in [0.3, 0.4) is 0 Å². The van der Waals surface area contributed by atoms with Crippen LogP contribution < -0.4 is 0 Å². The molecule has 1 aromatic heterocycles. The maximum absolute atomic E-state index is 10.2. The minimum absolute atomic E-state index is 0.377. The van der Waals surface area contributed by atoms with Gasteiger partial charge in [-0.1, -0.05) is 38.1 Å². The van der Waals surface area contributed by atoms with Crippen LogP contribution in [0.25, 0.3) is 0 Å². The van der Waals surface area contributed by atoms with E-state index in [4.69, 9.17) is 4.74 Å². The Bertz CT molecular complexity index is 651. The zero-order chi connectivity index (χ0) is 18.9.